The Morgan fingerprint density at radius 3 is 2.50 bits per heavy atom. The molecule has 0 fully saturated rings. The summed E-state index contributed by atoms with van der Waals surface area (Å²) in [4.78, 5) is 52.2. The number of carbonyl (C=O) groups is 2. The van der Waals surface area contributed by atoms with Gasteiger partial charge in [-0.2, -0.15) is 10.2 Å². The first kappa shape index (κ1) is 26.9. The standard InChI is InChI=1S/C24H24FN5O7S/c1-12(31)11-37-18(16-9-15(25)5-6-17(16)36-4)10-28-22-19(13(2)21(38-22)30-26-7-8-27-30)20(32)29(24(28)35)14(3)23(33)34/h5-9,14,18H,10-11H2,1-4H3,(H,33,34)/t14?,18-/m0/s1. The third kappa shape index (κ3) is 4.87. The van der Waals surface area contributed by atoms with Crippen molar-refractivity contribution in [3.05, 3.63) is 68.4 Å². The van der Waals surface area contributed by atoms with E-state index in [1.54, 1.807) is 6.92 Å². The van der Waals surface area contributed by atoms with Crippen LogP contribution in [0.5, 0.6) is 5.75 Å². The van der Waals surface area contributed by atoms with Crippen molar-refractivity contribution < 1.29 is 28.6 Å². The molecule has 0 spiro atoms. The molecule has 0 bridgehead atoms. The summed E-state index contributed by atoms with van der Waals surface area (Å²) in [6, 6.07) is 2.25. The number of carbonyl (C=O) groups excluding carboxylic acids is 1. The summed E-state index contributed by atoms with van der Waals surface area (Å²) >= 11 is 1.05. The molecule has 3 heterocycles. The Kier molecular flexibility index (Phi) is 7.55. The SMILES string of the molecule is COc1ccc(F)cc1[C@H](Cn1c(=O)n(C(C)C(=O)O)c(=O)c2c(C)c(-n3nccn3)sc21)OCC(C)=O. The number of Topliss-reactive ketones (excluding diaryl/α,β-unsaturated/α-hetero) is 1. The van der Waals surface area contributed by atoms with Crippen LogP contribution in [0.15, 0.2) is 40.2 Å². The number of carboxylic acid groups (broad SMARTS) is 1. The largest absolute Gasteiger partial charge is 0.496 e. The second-order valence-corrected chi connectivity index (χ2v) is 9.48. The second kappa shape index (κ2) is 10.7. The van der Waals surface area contributed by atoms with Crippen LogP contribution in [-0.2, 0) is 20.9 Å². The molecule has 4 rings (SSSR count). The molecule has 12 nitrogen and oxygen atoms in total. The van der Waals surface area contributed by atoms with Gasteiger partial charge in [-0.25, -0.2) is 18.5 Å². The van der Waals surface area contributed by atoms with E-state index in [0.29, 0.717) is 15.1 Å². The van der Waals surface area contributed by atoms with E-state index in [0.717, 1.165) is 11.3 Å². The lowest BCUT2D eigenvalue weighted by molar-refractivity contribution is -0.140. The quantitative estimate of drug-likeness (QED) is 0.317. The molecule has 2 atom stereocenters. The van der Waals surface area contributed by atoms with Gasteiger partial charge in [0.15, 0.2) is 5.78 Å². The van der Waals surface area contributed by atoms with E-state index < -0.39 is 35.2 Å². The first-order chi connectivity index (χ1) is 18.0. The summed E-state index contributed by atoms with van der Waals surface area (Å²) in [6.07, 6.45) is 1.82. The van der Waals surface area contributed by atoms with Gasteiger partial charge in [0, 0.05) is 11.1 Å². The minimum absolute atomic E-state index is 0.103. The highest BCUT2D eigenvalue weighted by Gasteiger charge is 2.28. The van der Waals surface area contributed by atoms with Crippen molar-refractivity contribution in [3.8, 4) is 10.8 Å². The van der Waals surface area contributed by atoms with Crippen LogP contribution in [0.3, 0.4) is 0 Å². The molecule has 38 heavy (non-hydrogen) atoms. The number of thiophene rings is 1. The first-order valence-corrected chi connectivity index (χ1v) is 12.2. The fourth-order valence-electron chi connectivity index (χ4n) is 4.06. The average molecular weight is 546 g/mol. The molecule has 0 aliphatic rings. The number of hydrogen-bond acceptors (Lipinski definition) is 9. The number of aliphatic carboxylic acids is 1. The number of ketones is 1. The Labute approximate surface area is 218 Å². The number of aromatic nitrogens is 5. The van der Waals surface area contributed by atoms with Crippen molar-refractivity contribution in [2.75, 3.05) is 13.7 Å². The molecule has 14 heteroatoms. The number of halogens is 1. The maximum Gasteiger partial charge on any atom is 0.333 e. The zero-order valence-electron chi connectivity index (χ0n) is 20.9. The summed E-state index contributed by atoms with van der Waals surface area (Å²) < 4.78 is 27.3. The van der Waals surface area contributed by atoms with Crippen molar-refractivity contribution in [2.24, 2.45) is 0 Å². The van der Waals surface area contributed by atoms with Crippen LogP contribution >= 0.6 is 11.3 Å². The molecule has 0 saturated heterocycles. The van der Waals surface area contributed by atoms with E-state index in [9.17, 15) is 28.7 Å². The third-order valence-electron chi connectivity index (χ3n) is 5.94. The van der Waals surface area contributed by atoms with Crippen LogP contribution in [0.1, 0.15) is 37.1 Å². The van der Waals surface area contributed by atoms with E-state index >= 15 is 0 Å². The normalized spacial score (nSPS) is 13.0. The fourth-order valence-corrected chi connectivity index (χ4v) is 5.28. The van der Waals surface area contributed by atoms with Gasteiger partial charge in [-0.05, 0) is 39.0 Å². The smallest absolute Gasteiger partial charge is 0.333 e. The van der Waals surface area contributed by atoms with Gasteiger partial charge in [0.1, 0.15) is 40.2 Å². The Balaban J connectivity index is 2.01. The third-order valence-corrected chi connectivity index (χ3v) is 7.22. The lowest BCUT2D eigenvalue weighted by Gasteiger charge is -2.22. The van der Waals surface area contributed by atoms with Crippen molar-refractivity contribution in [2.45, 2.75) is 39.5 Å². The molecular weight excluding hydrogens is 521 g/mol. The van der Waals surface area contributed by atoms with Crippen LogP contribution in [0.4, 0.5) is 4.39 Å². The molecule has 0 amide bonds. The summed E-state index contributed by atoms with van der Waals surface area (Å²) in [5.74, 6) is -2.04. The second-order valence-electron chi connectivity index (χ2n) is 8.50. The van der Waals surface area contributed by atoms with E-state index in [-0.39, 0.29) is 40.5 Å². The number of methoxy groups -OCH3 is 1. The lowest BCUT2D eigenvalue weighted by Crippen LogP contribution is -2.44. The minimum atomic E-state index is -1.49. The van der Waals surface area contributed by atoms with Crippen molar-refractivity contribution in [3.63, 3.8) is 0 Å². The van der Waals surface area contributed by atoms with Crippen LogP contribution in [0, 0.1) is 12.7 Å². The van der Waals surface area contributed by atoms with E-state index in [2.05, 4.69) is 10.2 Å². The van der Waals surface area contributed by atoms with Crippen LogP contribution in [0.2, 0.25) is 0 Å². The number of fused-ring (bicyclic) bond motifs is 1. The molecule has 0 radical (unpaired) electrons. The summed E-state index contributed by atoms with van der Waals surface area (Å²) in [6.45, 7) is 3.53. The van der Waals surface area contributed by atoms with Gasteiger partial charge >= 0.3 is 11.7 Å². The maximum absolute atomic E-state index is 14.3. The zero-order valence-corrected chi connectivity index (χ0v) is 21.7. The minimum Gasteiger partial charge on any atom is -0.496 e. The van der Waals surface area contributed by atoms with Crippen molar-refractivity contribution in [1.82, 2.24) is 24.1 Å². The van der Waals surface area contributed by atoms with E-state index in [4.69, 9.17) is 9.47 Å². The van der Waals surface area contributed by atoms with Gasteiger partial charge in [0.2, 0.25) is 0 Å². The van der Waals surface area contributed by atoms with Gasteiger partial charge in [-0.1, -0.05) is 11.3 Å². The number of ether oxygens (including phenoxy) is 2. The molecule has 4 aromatic rings. The molecule has 1 unspecified atom stereocenters. The van der Waals surface area contributed by atoms with Crippen LogP contribution in [-0.4, -0.2) is 54.7 Å². The maximum atomic E-state index is 14.3. The summed E-state index contributed by atoms with van der Waals surface area (Å²) in [7, 11) is 1.38. The molecular formula is C24H24FN5O7S. The lowest BCUT2D eigenvalue weighted by atomic mass is 10.1. The Hall–Kier alpha value is -4.17. The number of aryl methyl sites for hydroxylation is 1. The molecule has 1 N–H and O–H groups in total. The molecule has 0 aliphatic carbocycles. The van der Waals surface area contributed by atoms with E-state index in [1.165, 1.54) is 60.9 Å². The highest BCUT2D eigenvalue weighted by molar-refractivity contribution is 7.21. The van der Waals surface area contributed by atoms with Gasteiger partial charge < -0.3 is 14.6 Å². The molecule has 0 aliphatic heterocycles. The van der Waals surface area contributed by atoms with Crippen LogP contribution < -0.4 is 16.0 Å². The predicted molar refractivity (Wildman–Crippen MR) is 135 cm³/mol. The summed E-state index contributed by atoms with van der Waals surface area (Å²) in [5, 5.41) is 18.4. The Morgan fingerprint density at radius 1 is 1.21 bits per heavy atom. The summed E-state index contributed by atoms with van der Waals surface area (Å²) in [5.41, 5.74) is -1.03. The average Bonchev–Trinajstić information content (AvgIpc) is 3.51. The van der Waals surface area contributed by atoms with E-state index in [1.807, 2.05) is 0 Å². The topological polar surface area (TPSA) is 148 Å². The Bertz CT molecular complexity index is 1640. The number of rotatable bonds is 10. The predicted octanol–water partition coefficient (Wildman–Crippen LogP) is 2.25. The monoisotopic (exact) mass is 545 g/mol. The molecule has 200 valence electrons. The van der Waals surface area contributed by atoms with Gasteiger partial charge in [0.25, 0.3) is 5.56 Å². The highest BCUT2D eigenvalue weighted by Crippen LogP contribution is 2.34. The molecule has 1 aromatic carbocycles. The molecule has 3 aromatic heterocycles. The van der Waals surface area contributed by atoms with Crippen LogP contribution in [0.25, 0.3) is 15.2 Å². The number of hydrogen-bond donors (Lipinski definition) is 1. The number of nitrogens with zero attached hydrogens (tertiary/aromatic N) is 5. The fraction of sp³-hybridized carbons (Fsp3) is 0.333. The molecule has 0 saturated carbocycles. The van der Waals surface area contributed by atoms with Crippen molar-refractivity contribution in [1.29, 1.82) is 0 Å². The Morgan fingerprint density at radius 2 is 1.89 bits per heavy atom. The van der Waals surface area contributed by atoms with Gasteiger partial charge in [-0.15, -0.1) is 4.80 Å². The number of benzene rings is 1. The first-order valence-electron chi connectivity index (χ1n) is 11.4. The zero-order chi connectivity index (χ0) is 27.7. The number of carboxylic acids is 1. The van der Waals surface area contributed by atoms with Crippen molar-refractivity contribution >= 4 is 33.3 Å². The van der Waals surface area contributed by atoms with Gasteiger partial charge in [-0.3, -0.25) is 14.2 Å². The van der Waals surface area contributed by atoms with Gasteiger partial charge in [0.05, 0.1) is 31.4 Å². The highest BCUT2D eigenvalue weighted by atomic mass is 32.1.